The third-order valence-corrected chi connectivity index (χ3v) is 3.67. The molecule has 0 radical (unpaired) electrons. The molecule has 0 aliphatic carbocycles. The highest BCUT2D eigenvalue weighted by Gasteiger charge is 2.38. The summed E-state index contributed by atoms with van der Waals surface area (Å²) in [6, 6.07) is 7.31. The average Bonchev–Trinajstić information content (AvgIpc) is 2.59. The summed E-state index contributed by atoms with van der Waals surface area (Å²) in [5.74, 6) is -1.72. The highest BCUT2D eigenvalue weighted by atomic mass is 16.5. The SMILES string of the molecule is COC(=O)C1=CN=CC(C(=O)OC)C1c1ccccc1OC(C)C. The number of carbonyl (C=O) groups is 2. The van der Waals surface area contributed by atoms with Crippen molar-refractivity contribution >= 4 is 18.2 Å². The predicted molar refractivity (Wildman–Crippen MR) is 89.0 cm³/mol. The number of hydrogen-bond acceptors (Lipinski definition) is 6. The standard InChI is InChI=1S/C18H21NO5/c1-11(2)24-15-8-6-5-7-12(15)16-13(17(20)22-3)9-19-10-14(16)18(21)23-4/h5-11,13,16H,1-4H3. The number of ether oxygens (including phenoxy) is 3. The van der Waals surface area contributed by atoms with Crippen molar-refractivity contribution in [2.75, 3.05) is 14.2 Å². The van der Waals surface area contributed by atoms with Gasteiger partial charge in [-0.2, -0.15) is 0 Å². The summed E-state index contributed by atoms with van der Waals surface area (Å²) in [5, 5.41) is 0. The van der Waals surface area contributed by atoms with Crippen molar-refractivity contribution in [1.82, 2.24) is 0 Å². The number of nitrogens with zero attached hydrogens (tertiary/aromatic N) is 1. The van der Waals surface area contributed by atoms with Gasteiger partial charge in [-0.15, -0.1) is 0 Å². The van der Waals surface area contributed by atoms with E-state index in [9.17, 15) is 9.59 Å². The van der Waals surface area contributed by atoms with Crippen LogP contribution in [0.5, 0.6) is 5.75 Å². The van der Waals surface area contributed by atoms with Crippen LogP contribution >= 0.6 is 0 Å². The molecule has 1 aliphatic heterocycles. The first-order valence-corrected chi connectivity index (χ1v) is 7.64. The minimum absolute atomic E-state index is 0.0504. The summed E-state index contributed by atoms with van der Waals surface area (Å²) in [6.07, 6.45) is 2.85. The largest absolute Gasteiger partial charge is 0.491 e. The van der Waals surface area contributed by atoms with Crippen molar-refractivity contribution in [3.8, 4) is 5.75 Å². The van der Waals surface area contributed by atoms with Crippen LogP contribution in [0.1, 0.15) is 25.3 Å². The molecule has 0 aromatic heterocycles. The minimum Gasteiger partial charge on any atom is -0.491 e. The summed E-state index contributed by atoms with van der Waals surface area (Å²) < 4.78 is 15.6. The van der Waals surface area contributed by atoms with Gasteiger partial charge in [-0.05, 0) is 19.9 Å². The Morgan fingerprint density at radius 1 is 1.12 bits per heavy atom. The molecule has 0 fully saturated rings. The minimum atomic E-state index is -0.731. The molecule has 0 N–H and O–H groups in total. The van der Waals surface area contributed by atoms with Crippen molar-refractivity contribution in [1.29, 1.82) is 0 Å². The zero-order valence-corrected chi connectivity index (χ0v) is 14.2. The molecule has 2 rings (SSSR count). The van der Waals surface area contributed by atoms with Crippen LogP contribution in [0.2, 0.25) is 0 Å². The zero-order valence-electron chi connectivity index (χ0n) is 14.2. The molecule has 6 heteroatoms. The van der Waals surface area contributed by atoms with E-state index in [0.29, 0.717) is 11.3 Å². The van der Waals surface area contributed by atoms with Crippen molar-refractivity contribution in [2.24, 2.45) is 10.9 Å². The Balaban J connectivity index is 2.55. The number of para-hydroxylation sites is 1. The Hall–Kier alpha value is -2.63. The van der Waals surface area contributed by atoms with Crippen LogP contribution < -0.4 is 4.74 Å². The van der Waals surface area contributed by atoms with Crippen molar-refractivity contribution in [3.05, 3.63) is 41.6 Å². The van der Waals surface area contributed by atoms with Crippen LogP contribution in [0, 0.1) is 5.92 Å². The number of methoxy groups -OCH3 is 2. The molecule has 0 saturated heterocycles. The quantitative estimate of drug-likeness (QED) is 0.775. The fourth-order valence-electron chi connectivity index (χ4n) is 2.67. The molecule has 1 aliphatic rings. The second kappa shape index (κ2) is 7.77. The fourth-order valence-corrected chi connectivity index (χ4v) is 2.67. The van der Waals surface area contributed by atoms with Crippen LogP contribution in [0.4, 0.5) is 0 Å². The second-order valence-electron chi connectivity index (χ2n) is 5.61. The Kier molecular flexibility index (Phi) is 5.73. The molecule has 0 amide bonds. The van der Waals surface area contributed by atoms with Crippen LogP contribution in [0.15, 0.2) is 41.0 Å². The summed E-state index contributed by atoms with van der Waals surface area (Å²) in [7, 11) is 2.60. The number of carbonyl (C=O) groups excluding carboxylic acids is 2. The monoisotopic (exact) mass is 331 g/mol. The summed E-state index contributed by atoms with van der Waals surface area (Å²) in [6.45, 7) is 3.82. The zero-order chi connectivity index (χ0) is 17.7. The molecule has 1 aromatic rings. The van der Waals surface area contributed by atoms with E-state index in [1.165, 1.54) is 26.6 Å². The van der Waals surface area contributed by atoms with Crippen LogP contribution in [-0.4, -0.2) is 38.5 Å². The third kappa shape index (κ3) is 3.64. The molecular formula is C18H21NO5. The molecule has 2 unspecified atom stereocenters. The van der Waals surface area contributed by atoms with Gasteiger partial charge in [0.15, 0.2) is 0 Å². The predicted octanol–water partition coefficient (Wildman–Crippen LogP) is 2.49. The molecule has 0 bridgehead atoms. The van der Waals surface area contributed by atoms with Crippen LogP contribution in [-0.2, 0) is 19.1 Å². The number of rotatable bonds is 5. The Morgan fingerprint density at radius 3 is 2.46 bits per heavy atom. The number of benzene rings is 1. The Morgan fingerprint density at radius 2 is 1.83 bits per heavy atom. The summed E-state index contributed by atoms with van der Waals surface area (Å²) in [5.41, 5.74) is 1.000. The van der Waals surface area contributed by atoms with E-state index in [-0.39, 0.29) is 11.7 Å². The fraction of sp³-hybridized carbons (Fsp3) is 0.389. The number of hydrogen-bond donors (Lipinski definition) is 0. The molecule has 1 aromatic carbocycles. The van der Waals surface area contributed by atoms with Gasteiger partial charge < -0.3 is 14.2 Å². The first-order valence-electron chi connectivity index (χ1n) is 7.64. The maximum atomic E-state index is 12.2. The Labute approximate surface area is 141 Å². The normalized spacial score (nSPS) is 19.6. The molecule has 2 atom stereocenters. The molecule has 0 spiro atoms. The molecule has 1 heterocycles. The van der Waals surface area contributed by atoms with Gasteiger partial charge in [-0.25, -0.2) is 4.79 Å². The van der Waals surface area contributed by atoms with Gasteiger partial charge in [0.05, 0.1) is 25.9 Å². The maximum Gasteiger partial charge on any atom is 0.335 e. The highest BCUT2D eigenvalue weighted by Crippen LogP contribution is 2.40. The van der Waals surface area contributed by atoms with Crippen molar-refractivity contribution in [3.63, 3.8) is 0 Å². The van der Waals surface area contributed by atoms with E-state index in [0.717, 1.165) is 0 Å². The van der Waals surface area contributed by atoms with Gasteiger partial charge in [0, 0.05) is 23.9 Å². The first kappa shape index (κ1) is 17.7. The lowest BCUT2D eigenvalue weighted by Gasteiger charge is -2.28. The number of aliphatic imine (C=N–C) groups is 1. The number of esters is 2. The van der Waals surface area contributed by atoms with Crippen LogP contribution in [0.25, 0.3) is 0 Å². The van der Waals surface area contributed by atoms with E-state index in [2.05, 4.69) is 4.99 Å². The van der Waals surface area contributed by atoms with Crippen molar-refractivity contribution in [2.45, 2.75) is 25.9 Å². The molecule has 6 nitrogen and oxygen atoms in total. The maximum absolute atomic E-state index is 12.2. The van der Waals surface area contributed by atoms with E-state index >= 15 is 0 Å². The lowest BCUT2D eigenvalue weighted by atomic mass is 9.79. The molecule has 24 heavy (non-hydrogen) atoms. The van der Waals surface area contributed by atoms with Crippen LogP contribution in [0.3, 0.4) is 0 Å². The summed E-state index contributed by atoms with van der Waals surface area (Å²) >= 11 is 0. The second-order valence-corrected chi connectivity index (χ2v) is 5.61. The first-order chi connectivity index (χ1) is 11.5. The van der Waals surface area contributed by atoms with Gasteiger partial charge in [-0.3, -0.25) is 9.79 Å². The van der Waals surface area contributed by atoms with Gasteiger partial charge in [0.2, 0.25) is 0 Å². The lowest BCUT2D eigenvalue weighted by molar-refractivity contribution is -0.143. The van der Waals surface area contributed by atoms with E-state index in [1.54, 1.807) is 0 Å². The highest BCUT2D eigenvalue weighted by molar-refractivity contribution is 5.99. The van der Waals surface area contributed by atoms with E-state index < -0.39 is 23.8 Å². The average molecular weight is 331 g/mol. The van der Waals surface area contributed by atoms with E-state index in [1.807, 2.05) is 38.1 Å². The third-order valence-electron chi connectivity index (χ3n) is 3.67. The smallest absolute Gasteiger partial charge is 0.335 e. The van der Waals surface area contributed by atoms with Gasteiger partial charge in [0.25, 0.3) is 0 Å². The molecule has 128 valence electrons. The lowest BCUT2D eigenvalue weighted by Crippen LogP contribution is -2.31. The topological polar surface area (TPSA) is 74.2 Å². The molecule has 0 saturated carbocycles. The van der Waals surface area contributed by atoms with Gasteiger partial charge in [0.1, 0.15) is 11.7 Å². The molecular weight excluding hydrogens is 310 g/mol. The van der Waals surface area contributed by atoms with Crippen molar-refractivity contribution < 1.29 is 23.8 Å². The Bertz CT molecular complexity index is 678. The van der Waals surface area contributed by atoms with E-state index in [4.69, 9.17) is 14.2 Å². The van der Waals surface area contributed by atoms with Gasteiger partial charge in [-0.1, -0.05) is 18.2 Å². The summed E-state index contributed by atoms with van der Waals surface area (Å²) in [4.78, 5) is 28.4. The van der Waals surface area contributed by atoms with Gasteiger partial charge >= 0.3 is 11.9 Å².